The molecule has 1 fully saturated rings. The summed E-state index contributed by atoms with van der Waals surface area (Å²) in [7, 11) is -1.39. The molecule has 0 aliphatic carbocycles. The van der Waals surface area contributed by atoms with Crippen LogP contribution in [0.4, 0.5) is 0 Å². The van der Waals surface area contributed by atoms with Crippen LogP contribution in [0.5, 0.6) is 0 Å². The smallest absolute Gasteiger partial charge is 0.324 e. The molecule has 4 rings (SSSR count). The van der Waals surface area contributed by atoms with E-state index >= 15 is 0 Å². The van der Waals surface area contributed by atoms with E-state index in [1.54, 1.807) is 6.92 Å². The number of hydrogen-bond donors (Lipinski definition) is 1. The largest absolute Gasteiger partial charge is 0.465 e. The Morgan fingerprint density at radius 3 is 2.00 bits per heavy atom. The number of esters is 1. The molecular weight excluding hydrogens is 444 g/mol. The van der Waals surface area contributed by atoms with Crippen LogP contribution in [0.1, 0.15) is 43.5 Å². The minimum absolute atomic E-state index is 0.220. The lowest BCUT2D eigenvalue weighted by atomic mass is 9.96. The molecule has 0 aromatic heterocycles. The third-order valence-corrected chi connectivity index (χ3v) is 8.08. The molecular formula is C28H32N2O3S. The van der Waals surface area contributed by atoms with Crippen LogP contribution in [0.15, 0.2) is 89.8 Å². The lowest BCUT2D eigenvalue weighted by Crippen LogP contribution is -2.46. The number of nitrogens with zero attached hydrogens (tertiary/aromatic N) is 1. The standard InChI is InChI=1S/C28H32N2O3S/c1-5-33-27(31)25(26-28(3,4)30(26)34(32)23-18-16-20(2)17-19-23)29-24(21-12-8-6-9-13-21)22-14-10-7-11-15-22/h6-19,24-26,29H,5H2,1-4H3/t25-,26+,30?,34-/m0/s1. The molecule has 3 aromatic carbocycles. The molecule has 34 heavy (non-hydrogen) atoms. The number of aryl methyl sites for hydroxylation is 1. The van der Waals surface area contributed by atoms with E-state index in [-0.39, 0.29) is 24.7 Å². The van der Waals surface area contributed by atoms with Gasteiger partial charge in [-0.15, -0.1) is 0 Å². The van der Waals surface area contributed by atoms with Gasteiger partial charge in [0.05, 0.1) is 23.6 Å². The first-order valence-electron chi connectivity index (χ1n) is 11.6. The summed E-state index contributed by atoms with van der Waals surface area (Å²) in [6, 6.07) is 26.6. The maximum Gasteiger partial charge on any atom is 0.324 e. The number of ether oxygens (including phenoxy) is 1. The van der Waals surface area contributed by atoms with Crippen molar-refractivity contribution in [1.82, 2.24) is 9.62 Å². The van der Waals surface area contributed by atoms with E-state index in [0.29, 0.717) is 0 Å². The van der Waals surface area contributed by atoms with Crippen LogP contribution in [0, 0.1) is 6.92 Å². The summed E-state index contributed by atoms with van der Waals surface area (Å²) in [5.41, 5.74) is 2.76. The molecule has 0 amide bonds. The fraction of sp³-hybridized carbons (Fsp3) is 0.321. The predicted molar refractivity (Wildman–Crippen MR) is 136 cm³/mol. The Labute approximate surface area is 204 Å². The maximum absolute atomic E-state index is 13.5. The Morgan fingerprint density at radius 1 is 0.971 bits per heavy atom. The van der Waals surface area contributed by atoms with Crippen LogP contribution in [-0.4, -0.2) is 38.7 Å². The van der Waals surface area contributed by atoms with Gasteiger partial charge in [0.1, 0.15) is 17.0 Å². The number of rotatable bonds is 9. The molecule has 0 bridgehead atoms. The highest BCUT2D eigenvalue weighted by Gasteiger charge is 2.64. The van der Waals surface area contributed by atoms with Crippen molar-refractivity contribution in [2.24, 2.45) is 0 Å². The normalized spacial score (nSPS) is 20.5. The second-order valence-corrected chi connectivity index (χ2v) is 10.5. The molecule has 178 valence electrons. The van der Waals surface area contributed by atoms with Gasteiger partial charge in [0.25, 0.3) is 0 Å². The summed E-state index contributed by atoms with van der Waals surface area (Å²) in [5, 5.41) is 3.58. The van der Waals surface area contributed by atoms with Crippen molar-refractivity contribution in [2.45, 2.75) is 56.3 Å². The first-order valence-corrected chi connectivity index (χ1v) is 12.8. The molecule has 3 aromatic rings. The van der Waals surface area contributed by atoms with Gasteiger partial charge in [-0.25, -0.2) is 8.51 Å². The van der Waals surface area contributed by atoms with E-state index in [4.69, 9.17) is 4.74 Å². The third kappa shape index (κ3) is 4.99. The molecule has 0 radical (unpaired) electrons. The van der Waals surface area contributed by atoms with Crippen LogP contribution >= 0.6 is 0 Å². The summed E-state index contributed by atoms with van der Waals surface area (Å²) < 4.78 is 20.9. The van der Waals surface area contributed by atoms with Crippen molar-refractivity contribution >= 4 is 17.0 Å². The first-order chi connectivity index (χ1) is 16.3. The molecule has 1 saturated heterocycles. The van der Waals surface area contributed by atoms with Crippen molar-refractivity contribution < 1.29 is 13.7 Å². The second kappa shape index (κ2) is 10.2. The first kappa shape index (κ1) is 24.3. The zero-order chi connectivity index (χ0) is 24.3. The van der Waals surface area contributed by atoms with E-state index in [9.17, 15) is 9.00 Å². The second-order valence-electron chi connectivity index (χ2n) is 9.14. The molecule has 6 heteroatoms. The third-order valence-electron chi connectivity index (χ3n) is 6.35. The zero-order valence-corrected chi connectivity index (χ0v) is 20.9. The van der Waals surface area contributed by atoms with Crippen LogP contribution in [0.25, 0.3) is 0 Å². The minimum Gasteiger partial charge on any atom is -0.465 e. The fourth-order valence-corrected chi connectivity index (χ4v) is 6.15. The van der Waals surface area contributed by atoms with Gasteiger partial charge in [0, 0.05) is 5.54 Å². The van der Waals surface area contributed by atoms with Crippen LogP contribution in [0.2, 0.25) is 0 Å². The molecule has 4 atom stereocenters. The van der Waals surface area contributed by atoms with E-state index in [1.807, 2.05) is 110 Å². The maximum atomic E-state index is 13.5. The van der Waals surface area contributed by atoms with Crippen molar-refractivity contribution in [3.05, 3.63) is 102 Å². The monoisotopic (exact) mass is 476 g/mol. The van der Waals surface area contributed by atoms with Crippen molar-refractivity contribution in [3.8, 4) is 0 Å². The topological polar surface area (TPSA) is 58.4 Å². The number of benzene rings is 3. The Kier molecular flexibility index (Phi) is 7.31. The summed E-state index contributed by atoms with van der Waals surface area (Å²) in [6.45, 7) is 8.15. The Morgan fingerprint density at radius 2 is 1.50 bits per heavy atom. The van der Waals surface area contributed by atoms with Gasteiger partial charge in [-0.3, -0.25) is 10.1 Å². The SMILES string of the molecule is CCOC(=O)[C@@H](NC(c1ccccc1)c1ccccc1)[C@H]1N([S@@](=O)c2ccc(C)cc2)C1(C)C. The molecule has 1 N–H and O–H groups in total. The van der Waals surface area contributed by atoms with Crippen molar-refractivity contribution in [2.75, 3.05) is 6.61 Å². The van der Waals surface area contributed by atoms with Gasteiger partial charge >= 0.3 is 5.97 Å². The molecule has 0 spiro atoms. The highest BCUT2D eigenvalue weighted by Crippen LogP contribution is 2.46. The number of nitrogens with one attached hydrogen (secondary N) is 1. The van der Waals surface area contributed by atoms with Gasteiger partial charge in [-0.1, -0.05) is 78.4 Å². The summed E-state index contributed by atoms with van der Waals surface area (Å²) in [5.74, 6) is -0.333. The van der Waals surface area contributed by atoms with Gasteiger partial charge in [0.15, 0.2) is 0 Å². The van der Waals surface area contributed by atoms with Crippen LogP contribution < -0.4 is 5.32 Å². The average molecular weight is 477 g/mol. The zero-order valence-electron chi connectivity index (χ0n) is 20.1. The quantitative estimate of drug-likeness (QED) is 0.356. The van der Waals surface area contributed by atoms with Gasteiger partial charge < -0.3 is 4.74 Å². The van der Waals surface area contributed by atoms with Gasteiger partial charge in [0.2, 0.25) is 0 Å². The number of carbonyl (C=O) groups excluding carboxylic acids is 1. The fourth-order valence-electron chi connectivity index (χ4n) is 4.48. The summed E-state index contributed by atoms with van der Waals surface area (Å²) in [4.78, 5) is 14.0. The van der Waals surface area contributed by atoms with E-state index in [2.05, 4.69) is 5.32 Å². The van der Waals surface area contributed by atoms with Crippen molar-refractivity contribution in [3.63, 3.8) is 0 Å². The predicted octanol–water partition coefficient (Wildman–Crippen LogP) is 4.79. The molecule has 0 saturated carbocycles. The van der Waals surface area contributed by atoms with Crippen LogP contribution in [0.3, 0.4) is 0 Å². The number of hydrogen-bond acceptors (Lipinski definition) is 4. The lowest BCUT2D eigenvalue weighted by Gasteiger charge is -2.26. The highest BCUT2D eigenvalue weighted by atomic mass is 32.2. The molecule has 1 aliphatic rings. The van der Waals surface area contributed by atoms with E-state index < -0.39 is 22.6 Å². The van der Waals surface area contributed by atoms with E-state index in [1.165, 1.54) is 0 Å². The summed E-state index contributed by atoms with van der Waals surface area (Å²) in [6.07, 6.45) is 0. The Hall–Kier alpha value is -2.80. The minimum atomic E-state index is -1.39. The highest BCUT2D eigenvalue weighted by molar-refractivity contribution is 7.83. The molecule has 5 nitrogen and oxygen atoms in total. The summed E-state index contributed by atoms with van der Waals surface area (Å²) >= 11 is 0. The van der Waals surface area contributed by atoms with E-state index in [0.717, 1.165) is 21.6 Å². The number of carbonyl (C=O) groups is 1. The van der Waals surface area contributed by atoms with Crippen LogP contribution in [-0.2, 0) is 20.5 Å². The Bertz CT molecular complexity index is 1090. The molecule has 1 aliphatic heterocycles. The Balaban J connectivity index is 1.68. The average Bonchev–Trinajstić information content (AvgIpc) is 3.42. The van der Waals surface area contributed by atoms with Gasteiger partial charge in [-0.2, -0.15) is 0 Å². The lowest BCUT2D eigenvalue weighted by molar-refractivity contribution is -0.146. The van der Waals surface area contributed by atoms with Crippen molar-refractivity contribution in [1.29, 1.82) is 0 Å². The molecule has 1 heterocycles. The molecule has 1 unspecified atom stereocenters. The van der Waals surface area contributed by atoms with Gasteiger partial charge in [-0.05, 0) is 51.0 Å².